The molecule has 0 bridgehead atoms. The monoisotopic (exact) mass is 314 g/mol. The third-order valence-electron chi connectivity index (χ3n) is 3.28. The summed E-state index contributed by atoms with van der Waals surface area (Å²) in [6.45, 7) is 1.13. The number of nitrogen functional groups attached to an aromatic ring is 1. The van der Waals surface area contributed by atoms with Crippen LogP contribution >= 0.6 is 0 Å². The maximum Gasteiger partial charge on any atom is 0.248 e. The summed E-state index contributed by atoms with van der Waals surface area (Å²) in [7, 11) is -2.23. The fourth-order valence-electron chi connectivity index (χ4n) is 2.15. The molecular formula is C12H18N4O4S. The fourth-order valence-corrected chi connectivity index (χ4v) is 3.64. The molecule has 1 aromatic heterocycles. The molecule has 2 heterocycles. The number of hydrogen-bond donors (Lipinski definition) is 1. The average molecular weight is 314 g/mol. The molecule has 0 radical (unpaired) electrons. The second-order valence-electron chi connectivity index (χ2n) is 4.60. The molecule has 8 nitrogen and oxygen atoms in total. The molecule has 2 rings (SSSR count). The van der Waals surface area contributed by atoms with E-state index in [9.17, 15) is 13.2 Å². The van der Waals surface area contributed by atoms with Crippen molar-refractivity contribution in [3.05, 3.63) is 18.3 Å². The molecule has 1 aromatic rings. The largest absolute Gasteiger partial charge is 0.383 e. The van der Waals surface area contributed by atoms with Crippen molar-refractivity contribution >= 4 is 21.7 Å². The quantitative estimate of drug-likeness (QED) is 0.775. The highest BCUT2D eigenvalue weighted by atomic mass is 32.2. The molecule has 0 saturated carbocycles. The van der Waals surface area contributed by atoms with E-state index in [-0.39, 0.29) is 36.3 Å². The number of methoxy groups -OCH3 is 1. The van der Waals surface area contributed by atoms with Gasteiger partial charge in [-0.25, -0.2) is 13.4 Å². The van der Waals surface area contributed by atoms with Gasteiger partial charge < -0.3 is 15.4 Å². The molecule has 1 aliphatic heterocycles. The number of aromatic nitrogens is 1. The van der Waals surface area contributed by atoms with Crippen LogP contribution in [-0.4, -0.2) is 68.4 Å². The molecule has 2 N–H and O–H groups in total. The molecule has 1 aliphatic rings. The number of sulfonamides is 1. The van der Waals surface area contributed by atoms with E-state index in [0.717, 1.165) is 0 Å². The average Bonchev–Trinajstić information content (AvgIpc) is 2.48. The highest BCUT2D eigenvalue weighted by Gasteiger charge is 2.31. The predicted octanol–water partition coefficient (Wildman–Crippen LogP) is -0.857. The van der Waals surface area contributed by atoms with Gasteiger partial charge in [0.25, 0.3) is 0 Å². The van der Waals surface area contributed by atoms with Crippen LogP contribution in [0.1, 0.15) is 0 Å². The van der Waals surface area contributed by atoms with Crippen LogP contribution in [0.4, 0.5) is 5.82 Å². The Kier molecular flexibility index (Phi) is 4.76. The SMILES string of the molecule is COCC(=O)N1CCN(S(=O)(=O)c2cccnc2N)CC1. The Labute approximate surface area is 123 Å². The summed E-state index contributed by atoms with van der Waals surface area (Å²) < 4.78 is 31.1. The minimum Gasteiger partial charge on any atom is -0.383 e. The topological polar surface area (TPSA) is 106 Å². The Morgan fingerprint density at radius 2 is 2.05 bits per heavy atom. The van der Waals surface area contributed by atoms with Crippen molar-refractivity contribution in [1.82, 2.24) is 14.2 Å². The number of pyridine rings is 1. The summed E-state index contributed by atoms with van der Waals surface area (Å²) in [5, 5.41) is 0. The molecule has 0 unspecified atom stereocenters. The smallest absolute Gasteiger partial charge is 0.248 e. The molecule has 116 valence electrons. The Morgan fingerprint density at radius 1 is 1.38 bits per heavy atom. The molecule has 0 spiro atoms. The summed E-state index contributed by atoms with van der Waals surface area (Å²) in [5.41, 5.74) is 5.63. The van der Waals surface area contributed by atoms with Crippen LogP contribution in [0.25, 0.3) is 0 Å². The Hall–Kier alpha value is -1.71. The van der Waals surface area contributed by atoms with Crippen LogP contribution in [0.3, 0.4) is 0 Å². The Bertz CT molecular complexity index is 611. The zero-order valence-corrected chi connectivity index (χ0v) is 12.5. The van der Waals surface area contributed by atoms with Crippen molar-refractivity contribution in [1.29, 1.82) is 0 Å². The standard InChI is InChI=1S/C12H18N4O4S/c1-20-9-11(17)15-5-7-16(8-6-15)21(18,19)10-3-2-4-14-12(10)13/h2-4H,5-9H2,1H3,(H2,13,14). The first kappa shape index (κ1) is 15.7. The fraction of sp³-hybridized carbons (Fsp3) is 0.500. The van der Waals surface area contributed by atoms with Gasteiger partial charge in [-0.1, -0.05) is 0 Å². The summed E-state index contributed by atoms with van der Waals surface area (Å²) in [6, 6.07) is 2.96. The van der Waals surface area contributed by atoms with Gasteiger partial charge in [0.15, 0.2) is 0 Å². The summed E-state index contributed by atoms with van der Waals surface area (Å²) in [5.74, 6) is -0.161. The van der Waals surface area contributed by atoms with Gasteiger partial charge in [0, 0.05) is 39.5 Å². The normalized spacial score (nSPS) is 16.9. The lowest BCUT2D eigenvalue weighted by Crippen LogP contribution is -2.51. The van der Waals surface area contributed by atoms with E-state index in [1.165, 1.54) is 29.7 Å². The maximum atomic E-state index is 12.5. The van der Waals surface area contributed by atoms with E-state index < -0.39 is 10.0 Å². The van der Waals surface area contributed by atoms with E-state index in [0.29, 0.717) is 13.1 Å². The van der Waals surface area contributed by atoms with Crippen molar-refractivity contribution in [2.24, 2.45) is 0 Å². The van der Waals surface area contributed by atoms with Crippen LogP contribution in [-0.2, 0) is 19.6 Å². The third-order valence-corrected chi connectivity index (χ3v) is 5.22. The van der Waals surface area contributed by atoms with Crippen LogP contribution < -0.4 is 5.73 Å². The minimum absolute atomic E-state index is 0.00154. The molecular weight excluding hydrogens is 296 g/mol. The van der Waals surface area contributed by atoms with E-state index in [2.05, 4.69) is 4.98 Å². The van der Waals surface area contributed by atoms with Crippen molar-refractivity contribution in [3.8, 4) is 0 Å². The van der Waals surface area contributed by atoms with E-state index in [1.54, 1.807) is 4.90 Å². The number of nitrogens with zero attached hydrogens (tertiary/aromatic N) is 3. The lowest BCUT2D eigenvalue weighted by atomic mass is 10.3. The van der Waals surface area contributed by atoms with E-state index >= 15 is 0 Å². The molecule has 0 aromatic carbocycles. The van der Waals surface area contributed by atoms with Gasteiger partial charge in [-0.3, -0.25) is 4.79 Å². The summed E-state index contributed by atoms with van der Waals surface area (Å²) in [6.07, 6.45) is 1.44. The highest BCUT2D eigenvalue weighted by molar-refractivity contribution is 7.89. The number of rotatable bonds is 4. The van der Waals surface area contributed by atoms with Crippen LogP contribution in [0.15, 0.2) is 23.2 Å². The number of carbonyl (C=O) groups is 1. The van der Waals surface area contributed by atoms with Gasteiger partial charge in [0.2, 0.25) is 15.9 Å². The van der Waals surface area contributed by atoms with Crippen LogP contribution in [0.5, 0.6) is 0 Å². The number of nitrogens with two attached hydrogens (primary N) is 1. The summed E-state index contributed by atoms with van der Waals surface area (Å²) >= 11 is 0. The number of carbonyl (C=O) groups excluding carboxylic acids is 1. The first-order chi connectivity index (χ1) is 9.96. The maximum absolute atomic E-state index is 12.5. The summed E-state index contributed by atoms with van der Waals surface area (Å²) in [4.78, 5) is 17.1. The lowest BCUT2D eigenvalue weighted by molar-refractivity contribution is -0.136. The van der Waals surface area contributed by atoms with Gasteiger partial charge in [-0.15, -0.1) is 0 Å². The second-order valence-corrected chi connectivity index (χ2v) is 6.51. The molecule has 1 amide bonds. The number of piperazine rings is 1. The Balaban J connectivity index is 2.08. The number of hydrogen-bond acceptors (Lipinski definition) is 6. The number of ether oxygens (including phenoxy) is 1. The molecule has 21 heavy (non-hydrogen) atoms. The number of amides is 1. The first-order valence-electron chi connectivity index (χ1n) is 6.44. The molecule has 0 aliphatic carbocycles. The first-order valence-corrected chi connectivity index (χ1v) is 7.88. The molecule has 1 saturated heterocycles. The zero-order valence-electron chi connectivity index (χ0n) is 11.7. The van der Waals surface area contributed by atoms with Gasteiger partial charge in [0.05, 0.1) is 0 Å². The highest BCUT2D eigenvalue weighted by Crippen LogP contribution is 2.21. The number of anilines is 1. The van der Waals surface area contributed by atoms with Gasteiger partial charge in [0.1, 0.15) is 17.3 Å². The van der Waals surface area contributed by atoms with Gasteiger partial charge >= 0.3 is 0 Å². The minimum atomic E-state index is -3.68. The van der Waals surface area contributed by atoms with Crippen molar-refractivity contribution in [2.45, 2.75) is 4.90 Å². The zero-order chi connectivity index (χ0) is 15.5. The molecule has 0 atom stereocenters. The van der Waals surface area contributed by atoms with Crippen LogP contribution in [0.2, 0.25) is 0 Å². The lowest BCUT2D eigenvalue weighted by Gasteiger charge is -2.33. The van der Waals surface area contributed by atoms with Crippen molar-refractivity contribution in [3.63, 3.8) is 0 Å². The van der Waals surface area contributed by atoms with Crippen molar-refractivity contribution < 1.29 is 17.9 Å². The second kappa shape index (κ2) is 6.37. The van der Waals surface area contributed by atoms with Crippen molar-refractivity contribution in [2.75, 3.05) is 45.6 Å². The predicted molar refractivity (Wildman–Crippen MR) is 75.9 cm³/mol. The van der Waals surface area contributed by atoms with E-state index in [4.69, 9.17) is 10.5 Å². The van der Waals surface area contributed by atoms with Gasteiger partial charge in [-0.2, -0.15) is 4.31 Å². The van der Waals surface area contributed by atoms with E-state index in [1.807, 2.05) is 0 Å². The Morgan fingerprint density at radius 3 is 2.62 bits per heavy atom. The van der Waals surface area contributed by atoms with Crippen LogP contribution in [0, 0.1) is 0 Å². The third kappa shape index (κ3) is 3.31. The molecule has 9 heteroatoms. The molecule has 1 fully saturated rings. The van der Waals surface area contributed by atoms with Gasteiger partial charge in [-0.05, 0) is 12.1 Å².